The Hall–Kier alpha value is -2.02. The van der Waals surface area contributed by atoms with E-state index in [-0.39, 0.29) is 5.78 Å². The van der Waals surface area contributed by atoms with E-state index in [4.69, 9.17) is 0 Å². The van der Waals surface area contributed by atoms with Crippen molar-refractivity contribution in [2.24, 2.45) is 0 Å². The third-order valence-electron chi connectivity index (χ3n) is 5.09. The number of carbonyl (C=O) groups excluding carboxylic acids is 1. The number of piperazine rings is 1. The Kier molecular flexibility index (Phi) is 5.79. The molecule has 1 saturated heterocycles. The molecule has 27 heavy (non-hydrogen) atoms. The van der Waals surface area contributed by atoms with Crippen LogP contribution in [0.1, 0.15) is 27.0 Å². The molecule has 3 rings (SSSR count). The van der Waals surface area contributed by atoms with E-state index in [1.165, 1.54) is 4.31 Å². The summed E-state index contributed by atoms with van der Waals surface area (Å²) in [7, 11) is -3.49. The zero-order valence-electron chi connectivity index (χ0n) is 16.1. The minimum absolute atomic E-state index is 0.0858. The van der Waals surface area contributed by atoms with Crippen LogP contribution in [0.4, 0.5) is 0 Å². The van der Waals surface area contributed by atoms with E-state index in [1.54, 1.807) is 12.1 Å². The van der Waals surface area contributed by atoms with Crippen LogP contribution in [-0.2, 0) is 10.0 Å². The average molecular weight is 387 g/mol. The van der Waals surface area contributed by atoms with Crippen LogP contribution in [0.2, 0.25) is 0 Å². The average Bonchev–Trinajstić information content (AvgIpc) is 2.62. The van der Waals surface area contributed by atoms with Crippen molar-refractivity contribution in [2.75, 3.05) is 32.7 Å². The summed E-state index contributed by atoms with van der Waals surface area (Å²) < 4.78 is 27.3. The summed E-state index contributed by atoms with van der Waals surface area (Å²) in [5.74, 6) is 0.0858. The normalized spacial score (nSPS) is 16.4. The van der Waals surface area contributed by atoms with Crippen molar-refractivity contribution in [3.63, 3.8) is 0 Å². The van der Waals surface area contributed by atoms with E-state index in [0.29, 0.717) is 37.6 Å². The highest BCUT2D eigenvalue weighted by Gasteiger charge is 2.30. The van der Waals surface area contributed by atoms with Crippen LogP contribution >= 0.6 is 0 Å². The molecule has 1 aliphatic heterocycles. The molecule has 1 aliphatic rings. The predicted octanol–water partition coefficient (Wildman–Crippen LogP) is 2.80. The fourth-order valence-corrected chi connectivity index (χ4v) is 5.18. The molecule has 0 aliphatic carbocycles. The number of aryl methyl sites for hydroxylation is 3. The van der Waals surface area contributed by atoms with E-state index < -0.39 is 10.0 Å². The number of carbonyl (C=O) groups is 1. The van der Waals surface area contributed by atoms with Gasteiger partial charge in [-0.2, -0.15) is 4.31 Å². The smallest absolute Gasteiger partial charge is 0.243 e. The molecule has 0 unspecified atom stereocenters. The maximum atomic E-state index is 12.9. The number of rotatable bonds is 5. The number of ketones is 1. The van der Waals surface area contributed by atoms with E-state index in [9.17, 15) is 13.2 Å². The van der Waals surface area contributed by atoms with E-state index in [1.807, 2.05) is 56.0 Å². The monoisotopic (exact) mass is 386 g/mol. The molecule has 5 nitrogen and oxygen atoms in total. The molecule has 0 radical (unpaired) electrons. The Morgan fingerprint density at radius 1 is 0.926 bits per heavy atom. The standard InChI is InChI=1S/C21H26N2O3S/c1-16-8-9-19(18(3)14-16)20(24)15-22-10-12-23(13-11-22)27(25,26)21-7-5-4-6-17(21)2/h4-9,14H,10-13,15H2,1-3H3. The van der Waals surface area contributed by atoms with Crippen LogP contribution in [0.25, 0.3) is 0 Å². The van der Waals surface area contributed by atoms with Crippen molar-refractivity contribution in [2.45, 2.75) is 25.7 Å². The summed E-state index contributed by atoms with van der Waals surface area (Å²) in [5.41, 5.74) is 3.63. The van der Waals surface area contributed by atoms with E-state index in [0.717, 1.165) is 22.3 Å². The summed E-state index contributed by atoms with van der Waals surface area (Å²) in [6.45, 7) is 8.01. The van der Waals surface area contributed by atoms with Crippen molar-refractivity contribution < 1.29 is 13.2 Å². The van der Waals surface area contributed by atoms with Crippen LogP contribution in [0.5, 0.6) is 0 Å². The van der Waals surface area contributed by atoms with Gasteiger partial charge in [-0.3, -0.25) is 9.69 Å². The van der Waals surface area contributed by atoms with Crippen LogP contribution in [0.15, 0.2) is 47.4 Å². The molecule has 0 bridgehead atoms. The molecule has 6 heteroatoms. The van der Waals surface area contributed by atoms with Gasteiger partial charge in [0.15, 0.2) is 5.78 Å². The van der Waals surface area contributed by atoms with Gasteiger partial charge in [-0.05, 0) is 38.0 Å². The minimum atomic E-state index is -3.49. The molecule has 0 amide bonds. The van der Waals surface area contributed by atoms with Crippen molar-refractivity contribution in [1.82, 2.24) is 9.21 Å². The van der Waals surface area contributed by atoms with Crippen molar-refractivity contribution in [3.05, 3.63) is 64.7 Å². The largest absolute Gasteiger partial charge is 0.293 e. The lowest BCUT2D eigenvalue weighted by Crippen LogP contribution is -2.49. The lowest BCUT2D eigenvalue weighted by molar-refractivity contribution is 0.0901. The zero-order valence-corrected chi connectivity index (χ0v) is 16.9. The Morgan fingerprint density at radius 2 is 1.59 bits per heavy atom. The Balaban J connectivity index is 1.64. The third-order valence-corrected chi connectivity index (χ3v) is 7.15. The van der Waals surface area contributed by atoms with Crippen molar-refractivity contribution in [1.29, 1.82) is 0 Å². The molecular formula is C21H26N2O3S. The first-order valence-corrected chi connectivity index (χ1v) is 10.6. The van der Waals surface area contributed by atoms with Gasteiger partial charge in [0.25, 0.3) is 0 Å². The topological polar surface area (TPSA) is 57.7 Å². The molecule has 1 heterocycles. The fourth-order valence-electron chi connectivity index (χ4n) is 3.53. The van der Waals surface area contributed by atoms with Gasteiger partial charge in [-0.1, -0.05) is 42.0 Å². The molecule has 0 aromatic heterocycles. The van der Waals surface area contributed by atoms with E-state index >= 15 is 0 Å². The highest BCUT2D eigenvalue weighted by Crippen LogP contribution is 2.21. The molecule has 0 N–H and O–H groups in total. The Morgan fingerprint density at radius 3 is 2.22 bits per heavy atom. The third kappa shape index (κ3) is 4.29. The van der Waals surface area contributed by atoms with Gasteiger partial charge < -0.3 is 0 Å². The van der Waals surface area contributed by atoms with Crippen molar-refractivity contribution >= 4 is 15.8 Å². The Labute approximate surface area is 161 Å². The maximum Gasteiger partial charge on any atom is 0.243 e. The second-order valence-electron chi connectivity index (χ2n) is 7.19. The van der Waals surface area contributed by atoms with Crippen LogP contribution in [0, 0.1) is 20.8 Å². The number of sulfonamides is 1. The summed E-state index contributed by atoms with van der Waals surface area (Å²) in [6.07, 6.45) is 0. The molecule has 0 saturated carbocycles. The van der Waals surface area contributed by atoms with Crippen LogP contribution in [-0.4, -0.2) is 56.1 Å². The second-order valence-corrected chi connectivity index (χ2v) is 9.09. The summed E-state index contributed by atoms with van der Waals surface area (Å²) >= 11 is 0. The molecule has 0 atom stereocenters. The fraction of sp³-hybridized carbons (Fsp3) is 0.381. The van der Waals surface area contributed by atoms with E-state index in [2.05, 4.69) is 0 Å². The number of benzene rings is 2. The van der Waals surface area contributed by atoms with Gasteiger partial charge >= 0.3 is 0 Å². The first kappa shape index (κ1) is 19.7. The second kappa shape index (κ2) is 7.92. The van der Waals surface area contributed by atoms with Gasteiger partial charge in [0.05, 0.1) is 11.4 Å². The lowest BCUT2D eigenvalue weighted by atomic mass is 10.0. The zero-order chi connectivity index (χ0) is 19.6. The maximum absolute atomic E-state index is 12.9. The van der Waals surface area contributed by atoms with Gasteiger partial charge in [0.2, 0.25) is 10.0 Å². The van der Waals surface area contributed by atoms with Gasteiger partial charge in [-0.15, -0.1) is 0 Å². The molecule has 144 valence electrons. The summed E-state index contributed by atoms with van der Waals surface area (Å²) in [4.78, 5) is 15.0. The summed E-state index contributed by atoms with van der Waals surface area (Å²) in [5, 5.41) is 0. The first-order valence-electron chi connectivity index (χ1n) is 9.17. The van der Waals surface area contributed by atoms with Gasteiger partial charge in [0, 0.05) is 31.7 Å². The lowest BCUT2D eigenvalue weighted by Gasteiger charge is -2.33. The highest BCUT2D eigenvalue weighted by atomic mass is 32.2. The van der Waals surface area contributed by atoms with Gasteiger partial charge in [-0.25, -0.2) is 8.42 Å². The number of nitrogens with zero attached hydrogens (tertiary/aromatic N) is 2. The van der Waals surface area contributed by atoms with Gasteiger partial charge in [0.1, 0.15) is 0 Å². The first-order chi connectivity index (χ1) is 12.8. The molecular weight excluding hydrogens is 360 g/mol. The number of hydrogen-bond acceptors (Lipinski definition) is 4. The SMILES string of the molecule is Cc1ccc(C(=O)CN2CCN(S(=O)(=O)c3ccccc3C)CC2)c(C)c1. The molecule has 2 aromatic carbocycles. The van der Waals surface area contributed by atoms with Crippen molar-refractivity contribution in [3.8, 4) is 0 Å². The minimum Gasteiger partial charge on any atom is -0.293 e. The molecule has 1 fully saturated rings. The summed E-state index contributed by atoms with van der Waals surface area (Å²) in [6, 6.07) is 12.9. The van der Waals surface area contributed by atoms with Crippen LogP contribution in [0.3, 0.4) is 0 Å². The molecule has 0 spiro atoms. The Bertz CT molecular complexity index is 946. The molecule has 2 aromatic rings. The quantitative estimate of drug-likeness (QED) is 0.742. The number of hydrogen-bond donors (Lipinski definition) is 0. The van der Waals surface area contributed by atoms with Crippen LogP contribution < -0.4 is 0 Å². The highest BCUT2D eigenvalue weighted by molar-refractivity contribution is 7.89. The predicted molar refractivity (Wildman–Crippen MR) is 107 cm³/mol. The number of Topliss-reactive ketones (excluding diaryl/α,β-unsaturated/α-hetero) is 1.